The Labute approximate surface area is 132 Å². The summed E-state index contributed by atoms with van der Waals surface area (Å²) in [4.78, 5) is 18.3. The first-order valence-corrected chi connectivity index (χ1v) is 8.04. The van der Waals surface area contributed by atoms with Crippen molar-refractivity contribution in [3.63, 3.8) is 0 Å². The third-order valence-corrected chi connectivity index (χ3v) is 4.03. The maximum atomic E-state index is 12.1. The van der Waals surface area contributed by atoms with E-state index in [2.05, 4.69) is 15.2 Å². The molecule has 2 aromatic rings. The molecule has 0 spiro atoms. The minimum absolute atomic E-state index is 0.312. The van der Waals surface area contributed by atoms with E-state index in [4.69, 9.17) is 4.74 Å². The molecule has 0 saturated heterocycles. The standard InChI is InChI=1S/C14H19N5O2S/c1-9-15-10(8-22-9)12-17-16-11-7-18(5-6-19(11)12)13(20)21-14(2,3)4/h8H,5-7H2,1-4H3. The van der Waals surface area contributed by atoms with Gasteiger partial charge in [-0.25, -0.2) is 9.78 Å². The SMILES string of the molecule is Cc1nc(-c2nnc3n2CCN(C(=O)OC(C)(C)C)C3)cs1. The summed E-state index contributed by atoms with van der Waals surface area (Å²) in [6.45, 7) is 9.18. The van der Waals surface area contributed by atoms with Crippen LogP contribution in [0.25, 0.3) is 11.5 Å². The molecule has 1 amide bonds. The Balaban J connectivity index is 1.78. The van der Waals surface area contributed by atoms with E-state index in [1.807, 2.05) is 37.6 Å². The average molecular weight is 321 g/mol. The van der Waals surface area contributed by atoms with Gasteiger partial charge in [-0.05, 0) is 27.7 Å². The van der Waals surface area contributed by atoms with Crippen LogP contribution in [0.5, 0.6) is 0 Å². The van der Waals surface area contributed by atoms with Crippen molar-refractivity contribution in [2.45, 2.75) is 46.4 Å². The topological polar surface area (TPSA) is 73.1 Å². The zero-order valence-electron chi connectivity index (χ0n) is 13.2. The lowest BCUT2D eigenvalue weighted by molar-refractivity contribution is 0.0196. The zero-order chi connectivity index (χ0) is 15.9. The van der Waals surface area contributed by atoms with Crippen LogP contribution in [0.15, 0.2) is 5.38 Å². The molecule has 0 aromatic carbocycles. The van der Waals surface area contributed by atoms with Crippen molar-refractivity contribution in [2.24, 2.45) is 0 Å². The highest BCUT2D eigenvalue weighted by molar-refractivity contribution is 7.09. The van der Waals surface area contributed by atoms with E-state index in [0.717, 1.165) is 22.4 Å². The number of carbonyl (C=O) groups is 1. The molecule has 118 valence electrons. The summed E-state index contributed by atoms with van der Waals surface area (Å²) in [6.07, 6.45) is -0.312. The number of rotatable bonds is 1. The van der Waals surface area contributed by atoms with Crippen molar-refractivity contribution >= 4 is 17.4 Å². The number of hydrogen-bond acceptors (Lipinski definition) is 6. The van der Waals surface area contributed by atoms with Gasteiger partial charge in [0.05, 0.1) is 11.6 Å². The maximum absolute atomic E-state index is 12.1. The molecular weight excluding hydrogens is 302 g/mol. The lowest BCUT2D eigenvalue weighted by Crippen LogP contribution is -2.41. The van der Waals surface area contributed by atoms with Crippen LogP contribution in [0, 0.1) is 6.92 Å². The summed E-state index contributed by atoms with van der Waals surface area (Å²) in [5, 5.41) is 11.4. The van der Waals surface area contributed by atoms with E-state index < -0.39 is 5.60 Å². The van der Waals surface area contributed by atoms with Gasteiger partial charge in [-0.15, -0.1) is 21.5 Å². The molecule has 1 aliphatic rings. The van der Waals surface area contributed by atoms with E-state index in [9.17, 15) is 4.79 Å². The molecule has 2 aromatic heterocycles. The molecule has 8 heteroatoms. The highest BCUT2D eigenvalue weighted by atomic mass is 32.1. The third-order valence-electron chi connectivity index (χ3n) is 3.25. The molecule has 0 aliphatic carbocycles. The summed E-state index contributed by atoms with van der Waals surface area (Å²) in [6, 6.07) is 0. The Bertz CT molecular complexity index is 700. The van der Waals surface area contributed by atoms with Gasteiger partial charge in [0.1, 0.15) is 11.3 Å². The molecule has 3 heterocycles. The molecule has 1 aliphatic heterocycles. The Morgan fingerprint density at radius 3 is 2.73 bits per heavy atom. The number of aryl methyl sites for hydroxylation is 1. The first kappa shape index (κ1) is 15.0. The Hall–Kier alpha value is -1.96. The van der Waals surface area contributed by atoms with Crippen molar-refractivity contribution in [1.82, 2.24) is 24.6 Å². The smallest absolute Gasteiger partial charge is 0.410 e. The van der Waals surface area contributed by atoms with Crippen molar-refractivity contribution < 1.29 is 9.53 Å². The molecule has 0 N–H and O–H groups in total. The minimum Gasteiger partial charge on any atom is -0.444 e. The third kappa shape index (κ3) is 2.96. The predicted molar refractivity (Wildman–Crippen MR) is 82.5 cm³/mol. The van der Waals surface area contributed by atoms with Crippen LogP contribution in [0.1, 0.15) is 31.6 Å². The van der Waals surface area contributed by atoms with Crippen LogP contribution in [0.2, 0.25) is 0 Å². The van der Waals surface area contributed by atoms with E-state index in [-0.39, 0.29) is 6.09 Å². The summed E-state index contributed by atoms with van der Waals surface area (Å²) in [7, 11) is 0. The predicted octanol–water partition coefficient (Wildman–Crippen LogP) is 2.46. The lowest BCUT2D eigenvalue weighted by Gasteiger charge is -2.30. The highest BCUT2D eigenvalue weighted by Gasteiger charge is 2.28. The maximum Gasteiger partial charge on any atom is 0.410 e. The molecule has 0 unspecified atom stereocenters. The number of hydrogen-bond donors (Lipinski definition) is 0. The van der Waals surface area contributed by atoms with Gasteiger partial charge in [0, 0.05) is 18.5 Å². The summed E-state index contributed by atoms with van der Waals surface area (Å²) in [5.41, 5.74) is 0.345. The second kappa shape index (κ2) is 5.35. The number of thiazole rings is 1. The number of amides is 1. The average Bonchev–Trinajstić information content (AvgIpc) is 3.01. The molecule has 0 saturated carbocycles. The Kier molecular flexibility index (Phi) is 3.64. The summed E-state index contributed by atoms with van der Waals surface area (Å²) >= 11 is 1.59. The molecule has 0 fully saturated rings. The number of ether oxygens (including phenoxy) is 1. The molecule has 0 bridgehead atoms. The van der Waals surface area contributed by atoms with E-state index in [1.165, 1.54) is 0 Å². The van der Waals surface area contributed by atoms with Crippen LogP contribution < -0.4 is 0 Å². The lowest BCUT2D eigenvalue weighted by atomic mass is 10.2. The van der Waals surface area contributed by atoms with Crippen LogP contribution in [0.3, 0.4) is 0 Å². The van der Waals surface area contributed by atoms with Crippen LogP contribution in [-0.4, -0.2) is 42.9 Å². The minimum atomic E-state index is -0.495. The first-order chi connectivity index (χ1) is 10.3. The fourth-order valence-corrected chi connectivity index (χ4v) is 2.89. The van der Waals surface area contributed by atoms with Gasteiger partial charge in [0.25, 0.3) is 0 Å². The Morgan fingerprint density at radius 1 is 1.32 bits per heavy atom. The van der Waals surface area contributed by atoms with Gasteiger partial charge in [0.2, 0.25) is 0 Å². The number of aromatic nitrogens is 4. The molecule has 0 atom stereocenters. The van der Waals surface area contributed by atoms with Crippen molar-refractivity contribution in [2.75, 3.05) is 6.54 Å². The van der Waals surface area contributed by atoms with E-state index in [0.29, 0.717) is 19.6 Å². The van der Waals surface area contributed by atoms with Gasteiger partial charge in [0.15, 0.2) is 11.6 Å². The number of fused-ring (bicyclic) bond motifs is 1. The number of carbonyl (C=O) groups excluding carboxylic acids is 1. The van der Waals surface area contributed by atoms with Crippen molar-refractivity contribution in [1.29, 1.82) is 0 Å². The van der Waals surface area contributed by atoms with Crippen LogP contribution in [0.4, 0.5) is 4.79 Å². The second-order valence-corrected chi connectivity index (χ2v) is 7.31. The molecule has 22 heavy (non-hydrogen) atoms. The molecule has 0 radical (unpaired) electrons. The van der Waals surface area contributed by atoms with Crippen molar-refractivity contribution in [3.05, 3.63) is 16.2 Å². The van der Waals surface area contributed by atoms with E-state index >= 15 is 0 Å². The van der Waals surface area contributed by atoms with Crippen molar-refractivity contribution in [3.8, 4) is 11.5 Å². The summed E-state index contributed by atoms with van der Waals surface area (Å²) < 4.78 is 7.43. The van der Waals surface area contributed by atoms with Gasteiger partial charge < -0.3 is 9.30 Å². The normalized spacial score (nSPS) is 14.8. The molecular formula is C14H19N5O2S. The quantitative estimate of drug-likeness (QED) is 0.806. The summed E-state index contributed by atoms with van der Waals surface area (Å²) in [5.74, 6) is 1.53. The molecule has 3 rings (SSSR count). The van der Waals surface area contributed by atoms with Gasteiger partial charge in [-0.2, -0.15) is 0 Å². The fraction of sp³-hybridized carbons (Fsp3) is 0.571. The first-order valence-electron chi connectivity index (χ1n) is 7.16. The van der Waals surface area contributed by atoms with Gasteiger partial charge in [-0.1, -0.05) is 0 Å². The van der Waals surface area contributed by atoms with Gasteiger partial charge >= 0.3 is 6.09 Å². The zero-order valence-corrected chi connectivity index (χ0v) is 14.0. The highest BCUT2D eigenvalue weighted by Crippen LogP contribution is 2.23. The second-order valence-electron chi connectivity index (χ2n) is 6.25. The Morgan fingerprint density at radius 2 is 2.09 bits per heavy atom. The van der Waals surface area contributed by atoms with Crippen LogP contribution >= 0.6 is 11.3 Å². The largest absolute Gasteiger partial charge is 0.444 e. The molecule has 7 nitrogen and oxygen atoms in total. The fourth-order valence-electron chi connectivity index (χ4n) is 2.30. The number of nitrogens with zero attached hydrogens (tertiary/aromatic N) is 5. The monoisotopic (exact) mass is 321 g/mol. The van der Waals surface area contributed by atoms with Crippen LogP contribution in [-0.2, 0) is 17.8 Å². The van der Waals surface area contributed by atoms with Gasteiger partial charge in [-0.3, -0.25) is 4.90 Å². The van der Waals surface area contributed by atoms with E-state index in [1.54, 1.807) is 16.2 Å².